The van der Waals surface area contributed by atoms with Crippen molar-refractivity contribution in [3.63, 3.8) is 0 Å². The first-order valence-corrected chi connectivity index (χ1v) is 16.9. The maximum atomic E-state index is 12.9. The maximum absolute atomic E-state index is 12.9. The Bertz CT molecular complexity index is 1820. The highest BCUT2D eigenvalue weighted by Gasteiger charge is 2.25. The Balaban J connectivity index is 1.28. The number of pyridine rings is 2. The van der Waals surface area contributed by atoms with Crippen LogP contribution >= 0.6 is 11.6 Å². The summed E-state index contributed by atoms with van der Waals surface area (Å²) in [6.45, 7) is 9.43. The summed E-state index contributed by atoms with van der Waals surface area (Å²) in [5.41, 5.74) is 3.99. The van der Waals surface area contributed by atoms with Gasteiger partial charge in [0.1, 0.15) is 21.8 Å². The molecule has 3 heterocycles. The number of rotatable bonds is 8. The fourth-order valence-electron chi connectivity index (χ4n) is 5.35. The predicted molar refractivity (Wildman–Crippen MR) is 176 cm³/mol. The van der Waals surface area contributed by atoms with Crippen LogP contribution in [0, 0.1) is 6.92 Å². The van der Waals surface area contributed by atoms with Crippen molar-refractivity contribution >= 4 is 50.5 Å². The smallest absolute Gasteiger partial charge is 0.407 e. The Morgan fingerprint density at radius 2 is 1.73 bits per heavy atom. The summed E-state index contributed by atoms with van der Waals surface area (Å²) in [5.74, 6) is 0.727. The number of aromatic nitrogens is 4. The van der Waals surface area contributed by atoms with Crippen molar-refractivity contribution in [3.05, 3.63) is 64.9 Å². The SMILES string of the molecule is CCc1cc(-c2ccc(NS(=O)(=O)c3ccccc3Cl)nc2C)nc2cnc(N[C@H]3CC[C@H](NC(=O)OC(C)(C)C)CC3)nc12. The highest BCUT2D eigenvalue weighted by Crippen LogP contribution is 2.29. The summed E-state index contributed by atoms with van der Waals surface area (Å²) in [4.78, 5) is 30.8. The zero-order valence-corrected chi connectivity index (χ0v) is 27.6. The topological polar surface area (TPSA) is 148 Å². The van der Waals surface area contributed by atoms with Crippen molar-refractivity contribution in [1.82, 2.24) is 25.3 Å². The van der Waals surface area contributed by atoms with E-state index in [-0.39, 0.29) is 33.9 Å². The van der Waals surface area contributed by atoms with Gasteiger partial charge in [-0.3, -0.25) is 4.72 Å². The Kier molecular flexibility index (Phi) is 9.45. The summed E-state index contributed by atoms with van der Waals surface area (Å²) < 4.78 is 33.7. The van der Waals surface area contributed by atoms with Gasteiger partial charge in [0.25, 0.3) is 10.0 Å². The average Bonchev–Trinajstić information content (AvgIpc) is 2.96. The number of amides is 1. The van der Waals surface area contributed by atoms with Crippen LogP contribution in [0.3, 0.4) is 0 Å². The second-order valence-electron chi connectivity index (χ2n) is 12.2. The molecular weight excluding hydrogens is 614 g/mol. The molecule has 0 unspecified atom stereocenters. The summed E-state index contributed by atoms with van der Waals surface area (Å²) in [5, 5.41) is 6.57. The van der Waals surface area contributed by atoms with Crippen molar-refractivity contribution in [1.29, 1.82) is 0 Å². The van der Waals surface area contributed by atoms with Gasteiger partial charge in [0, 0.05) is 23.3 Å². The van der Waals surface area contributed by atoms with Crippen LogP contribution in [0.15, 0.2) is 53.6 Å². The van der Waals surface area contributed by atoms with E-state index in [4.69, 9.17) is 26.3 Å². The van der Waals surface area contributed by atoms with Crippen molar-refractivity contribution in [2.45, 2.75) is 89.3 Å². The molecule has 13 heteroatoms. The quantitative estimate of drug-likeness (QED) is 0.190. The molecule has 1 aliphatic rings. The van der Waals surface area contributed by atoms with Gasteiger partial charge in [-0.25, -0.2) is 33.1 Å². The van der Waals surface area contributed by atoms with E-state index in [1.165, 1.54) is 12.1 Å². The first-order valence-electron chi connectivity index (χ1n) is 15.0. The van der Waals surface area contributed by atoms with E-state index in [2.05, 4.69) is 32.2 Å². The molecule has 0 saturated heterocycles. The van der Waals surface area contributed by atoms with Gasteiger partial charge in [0.2, 0.25) is 5.95 Å². The van der Waals surface area contributed by atoms with E-state index < -0.39 is 15.6 Å². The van der Waals surface area contributed by atoms with E-state index in [9.17, 15) is 13.2 Å². The van der Waals surface area contributed by atoms with Gasteiger partial charge in [0.05, 0.1) is 22.4 Å². The van der Waals surface area contributed by atoms with Crippen LogP contribution in [0.1, 0.15) is 64.6 Å². The van der Waals surface area contributed by atoms with E-state index in [1.54, 1.807) is 37.4 Å². The monoisotopic (exact) mass is 651 g/mol. The van der Waals surface area contributed by atoms with Crippen molar-refractivity contribution in [2.24, 2.45) is 0 Å². The summed E-state index contributed by atoms with van der Waals surface area (Å²) >= 11 is 6.10. The Hall–Kier alpha value is -4.03. The number of alkyl carbamates (subject to hydrolysis) is 1. The number of nitrogens with one attached hydrogen (secondary N) is 3. The Morgan fingerprint density at radius 1 is 1.02 bits per heavy atom. The van der Waals surface area contributed by atoms with Gasteiger partial charge in [-0.2, -0.15) is 0 Å². The summed E-state index contributed by atoms with van der Waals surface area (Å²) in [6.07, 6.45) is 5.49. The van der Waals surface area contributed by atoms with E-state index in [0.29, 0.717) is 22.9 Å². The molecule has 1 fully saturated rings. The molecule has 238 valence electrons. The van der Waals surface area contributed by atoms with Crippen LogP contribution in [-0.2, 0) is 21.2 Å². The number of nitrogens with zero attached hydrogens (tertiary/aromatic N) is 4. The molecular formula is C32H38ClN7O4S. The van der Waals surface area contributed by atoms with Gasteiger partial charge in [-0.05, 0) is 95.7 Å². The number of fused-ring (bicyclic) bond motifs is 1. The normalized spacial score (nSPS) is 17.1. The Morgan fingerprint density at radius 3 is 2.40 bits per heavy atom. The number of sulfonamides is 1. The van der Waals surface area contributed by atoms with Crippen molar-refractivity contribution in [2.75, 3.05) is 10.0 Å². The number of carbonyl (C=O) groups excluding carboxylic acids is 1. The number of halogens is 1. The molecule has 3 aromatic heterocycles. The van der Waals surface area contributed by atoms with E-state index >= 15 is 0 Å². The molecule has 45 heavy (non-hydrogen) atoms. The molecule has 1 saturated carbocycles. The molecule has 1 amide bonds. The molecule has 0 atom stereocenters. The molecule has 11 nitrogen and oxygen atoms in total. The molecule has 1 aromatic carbocycles. The van der Waals surface area contributed by atoms with Crippen molar-refractivity contribution < 1.29 is 17.9 Å². The third-order valence-electron chi connectivity index (χ3n) is 7.51. The molecule has 3 N–H and O–H groups in total. The van der Waals surface area contributed by atoms with Gasteiger partial charge >= 0.3 is 6.09 Å². The van der Waals surface area contributed by atoms with Gasteiger partial charge in [0.15, 0.2) is 0 Å². The lowest BCUT2D eigenvalue weighted by molar-refractivity contribution is 0.0492. The minimum Gasteiger partial charge on any atom is -0.444 e. The number of ether oxygens (including phenoxy) is 1. The van der Waals surface area contributed by atoms with Crippen LogP contribution in [-0.4, -0.2) is 52.1 Å². The first-order chi connectivity index (χ1) is 21.3. The molecule has 0 radical (unpaired) electrons. The fraction of sp³-hybridized carbons (Fsp3) is 0.406. The highest BCUT2D eigenvalue weighted by molar-refractivity contribution is 7.92. The molecule has 4 aromatic rings. The molecule has 5 rings (SSSR count). The summed E-state index contributed by atoms with van der Waals surface area (Å²) in [6, 6.07) is 11.9. The largest absolute Gasteiger partial charge is 0.444 e. The lowest BCUT2D eigenvalue weighted by Crippen LogP contribution is -2.42. The second kappa shape index (κ2) is 13.1. The Labute approximate surface area is 268 Å². The third kappa shape index (κ3) is 7.98. The number of benzene rings is 1. The first kappa shape index (κ1) is 32.4. The molecule has 0 aliphatic heterocycles. The van der Waals surface area contributed by atoms with Crippen LogP contribution in [0.2, 0.25) is 5.02 Å². The van der Waals surface area contributed by atoms with Crippen LogP contribution in [0.25, 0.3) is 22.3 Å². The van der Waals surface area contributed by atoms with Crippen molar-refractivity contribution in [3.8, 4) is 11.3 Å². The molecule has 0 spiro atoms. The average molecular weight is 652 g/mol. The number of hydrogen-bond acceptors (Lipinski definition) is 9. The lowest BCUT2D eigenvalue weighted by Gasteiger charge is -2.30. The van der Waals surface area contributed by atoms with E-state index in [0.717, 1.165) is 48.7 Å². The number of anilines is 2. The van der Waals surface area contributed by atoms with Crippen LogP contribution in [0.5, 0.6) is 0 Å². The number of hydrogen-bond donors (Lipinski definition) is 3. The second-order valence-corrected chi connectivity index (χ2v) is 14.2. The van der Waals surface area contributed by atoms with Crippen LogP contribution in [0.4, 0.5) is 16.6 Å². The zero-order valence-electron chi connectivity index (χ0n) is 26.0. The standard InChI is InChI=1S/C32H38ClN7O4S/c1-6-20-17-25(23-15-16-28(35-19(23)2)40-45(42,43)27-10-8-7-9-24(27)33)38-26-18-34-30(39-29(20)26)36-21-11-13-22(14-12-21)37-31(41)44-32(3,4)5/h7-10,15-18,21-22H,6,11-14H2,1-5H3,(H,35,40)(H,37,41)(H,34,36,39)/t21-,22-. The highest BCUT2D eigenvalue weighted by atomic mass is 35.5. The predicted octanol–water partition coefficient (Wildman–Crippen LogP) is 6.66. The van der Waals surface area contributed by atoms with Crippen LogP contribution < -0.4 is 15.4 Å². The number of aryl methyl sites for hydroxylation is 2. The van der Waals surface area contributed by atoms with Gasteiger partial charge < -0.3 is 15.4 Å². The number of carbonyl (C=O) groups is 1. The third-order valence-corrected chi connectivity index (χ3v) is 9.37. The summed E-state index contributed by atoms with van der Waals surface area (Å²) in [7, 11) is -3.91. The molecule has 1 aliphatic carbocycles. The van der Waals surface area contributed by atoms with Gasteiger partial charge in [-0.15, -0.1) is 0 Å². The fourth-order valence-corrected chi connectivity index (χ4v) is 6.87. The molecule has 0 bridgehead atoms. The lowest BCUT2D eigenvalue weighted by atomic mass is 9.91. The zero-order chi connectivity index (χ0) is 32.4. The van der Waals surface area contributed by atoms with E-state index in [1.807, 2.05) is 26.8 Å². The minimum atomic E-state index is -3.91. The maximum Gasteiger partial charge on any atom is 0.407 e. The minimum absolute atomic E-state index is 0.0178. The van der Waals surface area contributed by atoms with Gasteiger partial charge in [-0.1, -0.05) is 30.7 Å².